The zero-order valence-electron chi connectivity index (χ0n) is 13.3. The second kappa shape index (κ2) is 21.4. The van der Waals surface area contributed by atoms with Gasteiger partial charge in [0.25, 0.3) is 0 Å². The van der Waals surface area contributed by atoms with Crippen LogP contribution in [0, 0.1) is 0 Å². The number of hydrogen-bond acceptors (Lipinski definition) is 7. The molecule has 0 aromatic rings. The van der Waals surface area contributed by atoms with Gasteiger partial charge in [0.2, 0.25) is 0 Å². The molecule has 0 rings (SSSR count). The first-order chi connectivity index (χ1) is 10.9. The van der Waals surface area contributed by atoms with Gasteiger partial charge in [-0.05, 0) is 0 Å². The Bertz CT molecular complexity index is 182. The monoisotopic (exact) mass is 435 g/mol. The third-order valence-corrected chi connectivity index (χ3v) is 2.78. The van der Waals surface area contributed by atoms with E-state index in [1.54, 1.807) is 0 Å². The van der Waals surface area contributed by atoms with Crippen molar-refractivity contribution in [1.29, 1.82) is 0 Å². The van der Waals surface area contributed by atoms with Gasteiger partial charge in [-0.1, -0.05) is 22.6 Å². The zero-order valence-corrected chi connectivity index (χ0v) is 15.5. The molecule has 0 aromatic carbocycles. The molecule has 0 fully saturated rings. The van der Waals surface area contributed by atoms with Crippen molar-refractivity contribution in [2.45, 2.75) is 0 Å². The van der Waals surface area contributed by atoms with Crippen LogP contribution in [0.15, 0.2) is 0 Å². The first-order valence-corrected chi connectivity index (χ1v) is 9.17. The molecule has 0 aromatic heterocycles. The molecule has 8 heteroatoms. The predicted octanol–water partition coefficient (Wildman–Crippen LogP) is 0.480. The average Bonchev–Trinajstić information content (AvgIpc) is 2.54. The van der Waals surface area contributed by atoms with Crippen molar-refractivity contribution in [3.8, 4) is 0 Å². The molecule has 2 N–H and O–H groups in total. The minimum absolute atomic E-state index is 0.542. The highest BCUT2D eigenvalue weighted by Crippen LogP contribution is 1.85. The fourth-order valence-corrected chi connectivity index (χ4v) is 1.65. The van der Waals surface area contributed by atoms with Crippen molar-refractivity contribution in [3.63, 3.8) is 0 Å². The van der Waals surface area contributed by atoms with E-state index in [4.69, 9.17) is 34.2 Å². The summed E-state index contributed by atoms with van der Waals surface area (Å²) in [6, 6.07) is 0. The van der Waals surface area contributed by atoms with Gasteiger partial charge in [0, 0.05) is 11.0 Å². The Balaban J connectivity index is 2.91. The van der Waals surface area contributed by atoms with Crippen LogP contribution < -0.4 is 5.73 Å². The summed E-state index contributed by atoms with van der Waals surface area (Å²) in [7, 11) is 0. The summed E-state index contributed by atoms with van der Waals surface area (Å²) in [5, 5.41) is 0. The molecule has 0 atom stereocenters. The van der Waals surface area contributed by atoms with Gasteiger partial charge in [-0.2, -0.15) is 0 Å². The summed E-state index contributed by atoms with van der Waals surface area (Å²) >= 11 is 2.28. The van der Waals surface area contributed by atoms with E-state index in [-0.39, 0.29) is 0 Å². The summed E-state index contributed by atoms with van der Waals surface area (Å²) in [5.74, 6) is 0. The van der Waals surface area contributed by atoms with Gasteiger partial charge < -0.3 is 34.2 Å². The van der Waals surface area contributed by atoms with Crippen LogP contribution in [-0.2, 0) is 28.4 Å². The van der Waals surface area contributed by atoms with Gasteiger partial charge in [0.1, 0.15) is 0 Å². The average molecular weight is 435 g/mol. The molecule has 0 saturated heterocycles. The van der Waals surface area contributed by atoms with Crippen molar-refractivity contribution in [2.75, 3.05) is 90.3 Å². The van der Waals surface area contributed by atoms with Crippen LogP contribution >= 0.6 is 22.6 Å². The van der Waals surface area contributed by atoms with E-state index in [9.17, 15) is 0 Å². The predicted molar refractivity (Wildman–Crippen MR) is 92.9 cm³/mol. The highest BCUT2D eigenvalue weighted by molar-refractivity contribution is 14.1. The standard InChI is InChI=1S/C14H30INO6/c15-1-3-17-5-7-19-9-11-21-13-14-22-12-10-20-8-6-18-4-2-16/h1-14,16H2. The van der Waals surface area contributed by atoms with Crippen LogP contribution in [0.25, 0.3) is 0 Å². The van der Waals surface area contributed by atoms with Crippen molar-refractivity contribution >= 4 is 22.6 Å². The maximum atomic E-state index is 5.37. The molecule has 0 bridgehead atoms. The quantitative estimate of drug-likeness (QED) is 0.180. The Morgan fingerprint density at radius 1 is 0.455 bits per heavy atom. The molecular formula is C14H30INO6. The van der Waals surface area contributed by atoms with Crippen molar-refractivity contribution in [3.05, 3.63) is 0 Å². The summed E-state index contributed by atoms with van der Waals surface area (Å²) in [5.41, 5.74) is 5.29. The number of nitrogens with two attached hydrogens (primary N) is 1. The second-order valence-electron chi connectivity index (χ2n) is 4.15. The molecule has 134 valence electrons. The second-order valence-corrected chi connectivity index (χ2v) is 5.23. The lowest BCUT2D eigenvalue weighted by atomic mass is 10.6. The van der Waals surface area contributed by atoms with Gasteiger partial charge in [0.05, 0.1) is 79.3 Å². The number of alkyl halides is 1. The molecule has 0 heterocycles. The maximum Gasteiger partial charge on any atom is 0.0701 e. The molecule has 0 radical (unpaired) electrons. The fraction of sp³-hybridized carbons (Fsp3) is 1.00. The minimum atomic E-state index is 0.542. The first kappa shape index (κ1) is 22.4. The van der Waals surface area contributed by atoms with Gasteiger partial charge in [-0.15, -0.1) is 0 Å². The van der Waals surface area contributed by atoms with E-state index in [1.807, 2.05) is 0 Å². The number of halogens is 1. The Hall–Kier alpha value is 0.450. The fourth-order valence-electron chi connectivity index (χ4n) is 1.34. The zero-order chi connectivity index (χ0) is 16.1. The maximum absolute atomic E-state index is 5.37. The van der Waals surface area contributed by atoms with Gasteiger partial charge in [-0.25, -0.2) is 0 Å². The largest absolute Gasteiger partial charge is 0.378 e. The Morgan fingerprint density at radius 2 is 0.727 bits per heavy atom. The van der Waals surface area contributed by atoms with Crippen LogP contribution in [0.5, 0.6) is 0 Å². The van der Waals surface area contributed by atoms with Gasteiger partial charge in [0.15, 0.2) is 0 Å². The summed E-state index contributed by atoms with van der Waals surface area (Å²) in [6.45, 7) is 7.70. The van der Waals surface area contributed by atoms with Gasteiger partial charge in [-0.3, -0.25) is 0 Å². The molecule has 0 aliphatic rings. The Morgan fingerprint density at radius 3 is 1.00 bits per heavy atom. The summed E-state index contributed by atoms with van der Waals surface area (Å²) in [6.07, 6.45) is 0. The van der Waals surface area contributed by atoms with Crippen LogP contribution in [-0.4, -0.2) is 90.3 Å². The van der Waals surface area contributed by atoms with E-state index in [0.29, 0.717) is 79.2 Å². The third kappa shape index (κ3) is 20.5. The van der Waals surface area contributed by atoms with Crippen molar-refractivity contribution in [2.24, 2.45) is 5.73 Å². The molecule has 0 aliphatic carbocycles. The normalized spacial score (nSPS) is 11.2. The third-order valence-electron chi connectivity index (χ3n) is 2.34. The van der Waals surface area contributed by atoms with E-state index in [2.05, 4.69) is 22.6 Å². The van der Waals surface area contributed by atoms with Gasteiger partial charge >= 0.3 is 0 Å². The Kier molecular flexibility index (Phi) is 21.9. The first-order valence-electron chi connectivity index (χ1n) is 7.64. The van der Waals surface area contributed by atoms with E-state index in [1.165, 1.54) is 0 Å². The molecule has 0 aliphatic heterocycles. The number of ether oxygens (including phenoxy) is 6. The topological polar surface area (TPSA) is 81.4 Å². The lowest BCUT2D eigenvalue weighted by Gasteiger charge is -2.08. The summed E-state index contributed by atoms with van der Waals surface area (Å²) in [4.78, 5) is 0. The van der Waals surface area contributed by atoms with Crippen LogP contribution in [0.2, 0.25) is 0 Å². The molecule has 22 heavy (non-hydrogen) atoms. The van der Waals surface area contributed by atoms with Crippen molar-refractivity contribution < 1.29 is 28.4 Å². The van der Waals surface area contributed by atoms with Crippen LogP contribution in [0.3, 0.4) is 0 Å². The van der Waals surface area contributed by atoms with Crippen molar-refractivity contribution in [1.82, 2.24) is 0 Å². The Labute approximate surface area is 147 Å². The molecule has 0 amide bonds. The summed E-state index contributed by atoms with van der Waals surface area (Å²) < 4.78 is 32.9. The molecule has 0 unspecified atom stereocenters. The van der Waals surface area contributed by atoms with E-state index in [0.717, 1.165) is 11.0 Å². The molecular weight excluding hydrogens is 405 g/mol. The highest BCUT2D eigenvalue weighted by atomic mass is 127. The lowest BCUT2D eigenvalue weighted by Crippen LogP contribution is -2.15. The number of rotatable bonds is 19. The highest BCUT2D eigenvalue weighted by Gasteiger charge is 1.93. The van der Waals surface area contributed by atoms with E-state index >= 15 is 0 Å². The minimum Gasteiger partial charge on any atom is -0.378 e. The van der Waals surface area contributed by atoms with Crippen LogP contribution in [0.4, 0.5) is 0 Å². The molecule has 0 spiro atoms. The smallest absolute Gasteiger partial charge is 0.0701 e. The SMILES string of the molecule is NCCOCCOCCOCCOCCOCCOCCI. The number of hydrogen-bond donors (Lipinski definition) is 1. The molecule has 7 nitrogen and oxygen atoms in total. The lowest BCUT2D eigenvalue weighted by molar-refractivity contribution is -0.0157. The van der Waals surface area contributed by atoms with E-state index < -0.39 is 0 Å². The molecule has 0 saturated carbocycles. The van der Waals surface area contributed by atoms with Crippen LogP contribution in [0.1, 0.15) is 0 Å².